The standard InChI is InChI=1S/C16H17Cl2N/c1-10-7-15(18)11(2)6-14(10)16(19)9-12-4-3-5-13(17)8-12/h3-8,16H,9,19H2,1-2H3. The molecule has 2 aromatic rings. The van der Waals surface area contributed by atoms with E-state index in [2.05, 4.69) is 6.07 Å². The molecule has 100 valence electrons. The van der Waals surface area contributed by atoms with Gasteiger partial charge < -0.3 is 5.73 Å². The Morgan fingerprint density at radius 1 is 1.05 bits per heavy atom. The van der Waals surface area contributed by atoms with E-state index in [4.69, 9.17) is 28.9 Å². The number of halogens is 2. The van der Waals surface area contributed by atoms with Crippen LogP contribution in [0, 0.1) is 13.8 Å². The second kappa shape index (κ2) is 5.96. The molecule has 0 aromatic heterocycles. The number of rotatable bonds is 3. The number of nitrogens with two attached hydrogens (primary N) is 1. The van der Waals surface area contributed by atoms with Gasteiger partial charge in [0.1, 0.15) is 0 Å². The summed E-state index contributed by atoms with van der Waals surface area (Å²) in [6.07, 6.45) is 0.766. The highest BCUT2D eigenvalue weighted by Crippen LogP contribution is 2.26. The van der Waals surface area contributed by atoms with E-state index in [-0.39, 0.29) is 6.04 Å². The van der Waals surface area contributed by atoms with Gasteiger partial charge >= 0.3 is 0 Å². The van der Waals surface area contributed by atoms with Crippen LogP contribution < -0.4 is 5.73 Å². The van der Waals surface area contributed by atoms with E-state index in [1.807, 2.05) is 44.2 Å². The van der Waals surface area contributed by atoms with Crippen LogP contribution in [0.2, 0.25) is 10.0 Å². The fourth-order valence-corrected chi connectivity index (χ4v) is 2.66. The fraction of sp³-hybridized carbons (Fsp3) is 0.250. The Kier molecular flexibility index (Phi) is 4.51. The molecule has 1 atom stereocenters. The average Bonchev–Trinajstić information content (AvgIpc) is 2.33. The Morgan fingerprint density at radius 3 is 2.47 bits per heavy atom. The predicted octanol–water partition coefficient (Wildman–Crippen LogP) is 4.85. The SMILES string of the molecule is Cc1cc(C(N)Cc2cccc(Cl)c2)c(C)cc1Cl. The first-order valence-corrected chi connectivity index (χ1v) is 6.99. The third-order valence-electron chi connectivity index (χ3n) is 3.29. The molecule has 1 unspecified atom stereocenters. The van der Waals surface area contributed by atoms with Crippen LogP contribution in [0.25, 0.3) is 0 Å². The molecule has 2 aromatic carbocycles. The molecule has 2 N–H and O–H groups in total. The van der Waals surface area contributed by atoms with Gasteiger partial charge in [0.2, 0.25) is 0 Å². The molecular formula is C16H17Cl2N. The van der Waals surface area contributed by atoms with Crippen LogP contribution in [0.4, 0.5) is 0 Å². The summed E-state index contributed by atoms with van der Waals surface area (Å²) in [4.78, 5) is 0. The zero-order valence-electron chi connectivity index (χ0n) is 11.1. The Hall–Kier alpha value is -1.02. The lowest BCUT2D eigenvalue weighted by Crippen LogP contribution is -2.15. The van der Waals surface area contributed by atoms with Crippen LogP contribution in [-0.2, 0) is 6.42 Å². The highest BCUT2D eigenvalue weighted by atomic mass is 35.5. The van der Waals surface area contributed by atoms with Crippen molar-refractivity contribution in [3.63, 3.8) is 0 Å². The molecule has 0 bridgehead atoms. The van der Waals surface area contributed by atoms with Crippen molar-refractivity contribution in [2.75, 3.05) is 0 Å². The molecule has 0 amide bonds. The van der Waals surface area contributed by atoms with Gasteiger partial charge in [-0.25, -0.2) is 0 Å². The monoisotopic (exact) mass is 293 g/mol. The largest absolute Gasteiger partial charge is 0.324 e. The van der Waals surface area contributed by atoms with Crippen LogP contribution in [0.5, 0.6) is 0 Å². The Morgan fingerprint density at radius 2 is 1.79 bits per heavy atom. The molecule has 2 rings (SSSR count). The Balaban J connectivity index is 2.25. The fourth-order valence-electron chi connectivity index (χ4n) is 2.23. The van der Waals surface area contributed by atoms with Crippen LogP contribution in [0.3, 0.4) is 0 Å². The maximum atomic E-state index is 6.31. The van der Waals surface area contributed by atoms with Crippen LogP contribution in [-0.4, -0.2) is 0 Å². The summed E-state index contributed by atoms with van der Waals surface area (Å²) in [6.45, 7) is 4.04. The van der Waals surface area contributed by atoms with Gasteiger partial charge in [-0.3, -0.25) is 0 Å². The van der Waals surface area contributed by atoms with Crippen molar-refractivity contribution in [3.05, 3.63) is 68.7 Å². The van der Waals surface area contributed by atoms with Gasteiger partial charge in [-0.1, -0.05) is 41.4 Å². The summed E-state index contributed by atoms with van der Waals surface area (Å²) in [5.74, 6) is 0. The van der Waals surface area contributed by atoms with Crippen molar-refractivity contribution in [2.24, 2.45) is 5.73 Å². The third kappa shape index (κ3) is 3.50. The Bertz CT molecular complexity index is 593. The molecule has 0 saturated heterocycles. The first kappa shape index (κ1) is 14.4. The van der Waals surface area contributed by atoms with E-state index in [9.17, 15) is 0 Å². The molecule has 0 fully saturated rings. The molecule has 0 aliphatic carbocycles. The first-order valence-electron chi connectivity index (χ1n) is 6.24. The zero-order chi connectivity index (χ0) is 14.0. The summed E-state index contributed by atoms with van der Waals surface area (Å²) in [5, 5.41) is 1.53. The van der Waals surface area contributed by atoms with Crippen molar-refractivity contribution >= 4 is 23.2 Å². The molecule has 0 radical (unpaired) electrons. The predicted molar refractivity (Wildman–Crippen MR) is 83.0 cm³/mol. The van der Waals surface area contributed by atoms with Gasteiger partial charge in [0.25, 0.3) is 0 Å². The highest BCUT2D eigenvalue weighted by Gasteiger charge is 2.12. The van der Waals surface area contributed by atoms with Crippen molar-refractivity contribution in [1.82, 2.24) is 0 Å². The lowest BCUT2D eigenvalue weighted by molar-refractivity contribution is 0.716. The van der Waals surface area contributed by atoms with Crippen LogP contribution in [0.1, 0.15) is 28.3 Å². The van der Waals surface area contributed by atoms with E-state index in [1.165, 1.54) is 0 Å². The van der Waals surface area contributed by atoms with Gasteiger partial charge in [-0.15, -0.1) is 0 Å². The van der Waals surface area contributed by atoms with E-state index in [1.54, 1.807) is 0 Å². The summed E-state index contributed by atoms with van der Waals surface area (Å²) in [7, 11) is 0. The van der Waals surface area contributed by atoms with Gasteiger partial charge in [-0.05, 0) is 60.7 Å². The van der Waals surface area contributed by atoms with Crippen molar-refractivity contribution < 1.29 is 0 Å². The van der Waals surface area contributed by atoms with Crippen molar-refractivity contribution in [1.29, 1.82) is 0 Å². The summed E-state index contributed by atoms with van der Waals surface area (Å²) < 4.78 is 0. The lowest BCUT2D eigenvalue weighted by Gasteiger charge is -2.16. The van der Waals surface area contributed by atoms with Crippen LogP contribution in [0.15, 0.2) is 36.4 Å². The molecule has 0 heterocycles. The molecule has 3 heteroatoms. The Labute approximate surface area is 124 Å². The van der Waals surface area contributed by atoms with Crippen molar-refractivity contribution in [3.8, 4) is 0 Å². The normalized spacial score (nSPS) is 12.5. The van der Waals surface area contributed by atoms with Gasteiger partial charge in [0.15, 0.2) is 0 Å². The minimum Gasteiger partial charge on any atom is -0.324 e. The molecule has 0 spiro atoms. The minimum absolute atomic E-state index is 0.0468. The number of hydrogen-bond acceptors (Lipinski definition) is 1. The maximum absolute atomic E-state index is 6.31. The van der Waals surface area contributed by atoms with Gasteiger partial charge in [-0.2, -0.15) is 0 Å². The molecule has 0 aliphatic heterocycles. The van der Waals surface area contributed by atoms with Crippen LogP contribution >= 0.6 is 23.2 Å². The third-order valence-corrected chi connectivity index (χ3v) is 3.93. The highest BCUT2D eigenvalue weighted by molar-refractivity contribution is 6.31. The van der Waals surface area contributed by atoms with E-state index >= 15 is 0 Å². The quantitative estimate of drug-likeness (QED) is 0.860. The van der Waals surface area contributed by atoms with E-state index in [0.717, 1.165) is 38.7 Å². The zero-order valence-corrected chi connectivity index (χ0v) is 12.6. The smallest absolute Gasteiger partial charge is 0.0438 e. The second-order valence-corrected chi connectivity index (χ2v) is 5.74. The molecule has 0 aliphatic rings. The first-order chi connectivity index (χ1) is 8.97. The minimum atomic E-state index is -0.0468. The van der Waals surface area contributed by atoms with Crippen molar-refractivity contribution in [2.45, 2.75) is 26.3 Å². The average molecular weight is 294 g/mol. The molecule has 1 nitrogen and oxygen atoms in total. The van der Waals surface area contributed by atoms with Gasteiger partial charge in [0, 0.05) is 16.1 Å². The van der Waals surface area contributed by atoms with E-state index < -0.39 is 0 Å². The lowest BCUT2D eigenvalue weighted by atomic mass is 9.94. The summed E-state index contributed by atoms with van der Waals surface area (Å²) in [5.41, 5.74) is 10.8. The molecule has 19 heavy (non-hydrogen) atoms. The number of hydrogen-bond donors (Lipinski definition) is 1. The maximum Gasteiger partial charge on any atom is 0.0438 e. The van der Waals surface area contributed by atoms with Gasteiger partial charge in [0.05, 0.1) is 0 Å². The molecule has 0 saturated carbocycles. The molecular weight excluding hydrogens is 277 g/mol. The van der Waals surface area contributed by atoms with E-state index in [0.29, 0.717) is 0 Å². The second-order valence-electron chi connectivity index (χ2n) is 4.90. The topological polar surface area (TPSA) is 26.0 Å². The number of benzene rings is 2. The summed E-state index contributed by atoms with van der Waals surface area (Å²) in [6, 6.07) is 11.8. The number of aryl methyl sites for hydroxylation is 2. The summed E-state index contributed by atoms with van der Waals surface area (Å²) >= 11 is 12.1.